The monoisotopic (exact) mass is 317 g/mol. The Morgan fingerprint density at radius 3 is 2.72 bits per heavy atom. The summed E-state index contributed by atoms with van der Waals surface area (Å²) < 4.78 is 1.25. The summed E-state index contributed by atoms with van der Waals surface area (Å²) in [4.78, 5) is 4.61. The first-order valence-corrected chi connectivity index (χ1v) is 7.72. The van der Waals surface area contributed by atoms with E-state index in [0.717, 1.165) is 15.9 Å². The Kier molecular flexibility index (Phi) is 3.18. The van der Waals surface area contributed by atoms with E-state index in [4.69, 9.17) is 0 Å². The second kappa shape index (κ2) is 4.82. The molecular formula is C15H12BrNS. The molecule has 1 nitrogen and oxygen atoms in total. The Morgan fingerprint density at radius 1 is 1.11 bits per heavy atom. The van der Waals surface area contributed by atoms with Gasteiger partial charge in [0, 0.05) is 0 Å². The van der Waals surface area contributed by atoms with Crippen molar-refractivity contribution in [3.05, 3.63) is 53.0 Å². The number of benzene rings is 2. The summed E-state index contributed by atoms with van der Waals surface area (Å²) in [5.74, 6) is 0. The van der Waals surface area contributed by atoms with Gasteiger partial charge in [-0.3, -0.25) is 0 Å². The van der Waals surface area contributed by atoms with Crippen LogP contribution in [-0.2, 0) is 5.33 Å². The number of thiazole rings is 1. The summed E-state index contributed by atoms with van der Waals surface area (Å²) in [5.41, 5.74) is 4.86. The van der Waals surface area contributed by atoms with E-state index in [1.807, 2.05) is 0 Å². The van der Waals surface area contributed by atoms with Gasteiger partial charge in [0.15, 0.2) is 0 Å². The molecule has 0 fully saturated rings. The zero-order valence-corrected chi connectivity index (χ0v) is 12.4. The van der Waals surface area contributed by atoms with Gasteiger partial charge in [-0.1, -0.05) is 51.8 Å². The van der Waals surface area contributed by atoms with Crippen molar-refractivity contribution < 1.29 is 0 Å². The first kappa shape index (κ1) is 11.9. The number of alkyl halides is 1. The third-order valence-electron chi connectivity index (χ3n) is 2.90. The number of hydrogen-bond donors (Lipinski definition) is 0. The lowest BCUT2D eigenvalue weighted by atomic mass is 10.0. The molecule has 90 valence electrons. The van der Waals surface area contributed by atoms with Crippen LogP contribution in [-0.4, -0.2) is 4.98 Å². The number of nitrogens with zero attached hydrogens (tertiary/aromatic N) is 1. The molecule has 0 unspecified atom stereocenters. The van der Waals surface area contributed by atoms with Crippen molar-refractivity contribution in [2.24, 2.45) is 0 Å². The average molecular weight is 318 g/mol. The topological polar surface area (TPSA) is 12.9 Å². The number of halogens is 1. The van der Waals surface area contributed by atoms with Crippen LogP contribution in [0, 0.1) is 6.92 Å². The normalized spacial score (nSPS) is 11.0. The van der Waals surface area contributed by atoms with E-state index >= 15 is 0 Å². The molecule has 0 aliphatic heterocycles. The van der Waals surface area contributed by atoms with Crippen LogP contribution in [0.5, 0.6) is 0 Å². The number of aromatic nitrogens is 1. The van der Waals surface area contributed by atoms with Crippen LogP contribution in [0.15, 0.2) is 42.5 Å². The van der Waals surface area contributed by atoms with Crippen LogP contribution in [0.4, 0.5) is 0 Å². The molecule has 1 heterocycles. The van der Waals surface area contributed by atoms with E-state index in [-0.39, 0.29) is 0 Å². The van der Waals surface area contributed by atoms with E-state index in [0.29, 0.717) is 0 Å². The van der Waals surface area contributed by atoms with E-state index in [9.17, 15) is 0 Å². The van der Waals surface area contributed by atoms with E-state index in [2.05, 4.69) is 70.3 Å². The smallest absolute Gasteiger partial charge is 0.104 e. The lowest BCUT2D eigenvalue weighted by Crippen LogP contribution is -1.79. The average Bonchev–Trinajstić information content (AvgIpc) is 2.80. The number of fused-ring (bicyclic) bond motifs is 1. The van der Waals surface area contributed by atoms with Crippen molar-refractivity contribution in [1.29, 1.82) is 0 Å². The van der Waals surface area contributed by atoms with Crippen LogP contribution >= 0.6 is 27.3 Å². The maximum atomic E-state index is 4.61. The fourth-order valence-electron chi connectivity index (χ4n) is 2.04. The zero-order chi connectivity index (χ0) is 12.5. The predicted octanol–water partition coefficient (Wildman–Crippen LogP) is 5.17. The lowest BCUT2D eigenvalue weighted by molar-refractivity contribution is 1.32. The van der Waals surface area contributed by atoms with Gasteiger partial charge in [0.1, 0.15) is 5.01 Å². The highest BCUT2D eigenvalue weighted by Gasteiger charge is 2.05. The maximum absolute atomic E-state index is 4.61. The lowest BCUT2D eigenvalue weighted by Gasteiger charge is -2.02. The second-order valence-corrected chi connectivity index (χ2v) is 5.97. The third-order valence-corrected chi connectivity index (χ3v) is 4.84. The molecule has 0 bridgehead atoms. The highest BCUT2D eigenvalue weighted by atomic mass is 79.9. The van der Waals surface area contributed by atoms with E-state index in [1.54, 1.807) is 11.3 Å². The van der Waals surface area contributed by atoms with E-state index in [1.165, 1.54) is 21.4 Å². The summed E-state index contributed by atoms with van der Waals surface area (Å²) in [6.45, 7) is 2.12. The summed E-state index contributed by atoms with van der Waals surface area (Å²) >= 11 is 5.20. The van der Waals surface area contributed by atoms with Crippen LogP contribution in [0.2, 0.25) is 0 Å². The van der Waals surface area contributed by atoms with Gasteiger partial charge in [0.25, 0.3) is 0 Å². The molecule has 0 aliphatic rings. The van der Waals surface area contributed by atoms with Crippen molar-refractivity contribution in [2.75, 3.05) is 0 Å². The molecule has 3 aromatic rings. The summed E-state index contributed by atoms with van der Waals surface area (Å²) in [5, 5.41) is 1.96. The number of aryl methyl sites for hydroxylation is 1. The molecule has 0 spiro atoms. The summed E-state index contributed by atoms with van der Waals surface area (Å²) in [7, 11) is 0. The van der Waals surface area contributed by atoms with Gasteiger partial charge in [-0.15, -0.1) is 11.3 Å². The van der Waals surface area contributed by atoms with E-state index < -0.39 is 0 Å². The summed E-state index contributed by atoms with van der Waals surface area (Å²) in [6.07, 6.45) is 0. The van der Waals surface area contributed by atoms with Crippen molar-refractivity contribution in [3.63, 3.8) is 0 Å². The van der Waals surface area contributed by atoms with Gasteiger partial charge in [0.2, 0.25) is 0 Å². The molecular weight excluding hydrogens is 306 g/mol. The molecule has 0 aliphatic carbocycles. The van der Waals surface area contributed by atoms with Crippen molar-refractivity contribution in [1.82, 2.24) is 4.98 Å². The standard InChI is InChI=1S/C15H12BrNS/c1-10-3-2-4-11(7-10)12-5-6-14-13(8-12)17-15(9-16)18-14/h2-8H,9H2,1H3. The maximum Gasteiger partial charge on any atom is 0.104 e. The minimum atomic E-state index is 0.826. The molecule has 2 aromatic carbocycles. The minimum absolute atomic E-state index is 0.826. The van der Waals surface area contributed by atoms with Crippen molar-refractivity contribution in [3.8, 4) is 11.1 Å². The van der Waals surface area contributed by atoms with Crippen LogP contribution < -0.4 is 0 Å². The van der Waals surface area contributed by atoms with Gasteiger partial charge in [-0.2, -0.15) is 0 Å². The molecule has 0 radical (unpaired) electrons. The van der Waals surface area contributed by atoms with Gasteiger partial charge in [-0.25, -0.2) is 4.98 Å². The minimum Gasteiger partial charge on any atom is -0.240 e. The molecule has 3 heteroatoms. The van der Waals surface area contributed by atoms with Gasteiger partial charge in [0.05, 0.1) is 15.5 Å². The molecule has 0 amide bonds. The molecule has 0 N–H and O–H groups in total. The highest BCUT2D eigenvalue weighted by molar-refractivity contribution is 9.08. The first-order chi connectivity index (χ1) is 8.76. The summed E-state index contributed by atoms with van der Waals surface area (Å²) in [6, 6.07) is 15.1. The van der Waals surface area contributed by atoms with Crippen LogP contribution in [0.3, 0.4) is 0 Å². The Labute approximate surface area is 119 Å². The second-order valence-electron chi connectivity index (χ2n) is 4.29. The molecule has 0 atom stereocenters. The fraction of sp³-hybridized carbons (Fsp3) is 0.133. The highest BCUT2D eigenvalue weighted by Crippen LogP contribution is 2.28. The molecule has 0 saturated carbocycles. The quantitative estimate of drug-likeness (QED) is 0.594. The Morgan fingerprint density at radius 2 is 1.94 bits per heavy atom. The Balaban J connectivity index is 2.12. The predicted molar refractivity (Wildman–Crippen MR) is 82.4 cm³/mol. The van der Waals surface area contributed by atoms with Gasteiger partial charge in [-0.05, 0) is 30.2 Å². The molecule has 1 aromatic heterocycles. The van der Waals surface area contributed by atoms with Crippen molar-refractivity contribution in [2.45, 2.75) is 12.3 Å². The first-order valence-electron chi connectivity index (χ1n) is 5.79. The fourth-order valence-corrected chi connectivity index (χ4v) is 3.30. The Hall–Kier alpha value is -1.19. The van der Waals surface area contributed by atoms with Gasteiger partial charge < -0.3 is 0 Å². The van der Waals surface area contributed by atoms with Crippen molar-refractivity contribution >= 4 is 37.5 Å². The molecule has 3 rings (SSSR count). The van der Waals surface area contributed by atoms with Gasteiger partial charge >= 0.3 is 0 Å². The number of hydrogen-bond acceptors (Lipinski definition) is 2. The molecule has 0 saturated heterocycles. The van der Waals surface area contributed by atoms with Crippen LogP contribution in [0.1, 0.15) is 10.6 Å². The zero-order valence-electron chi connectivity index (χ0n) is 9.98. The molecule has 18 heavy (non-hydrogen) atoms. The third kappa shape index (κ3) is 2.20. The number of rotatable bonds is 2. The largest absolute Gasteiger partial charge is 0.240 e. The van der Waals surface area contributed by atoms with Crippen LogP contribution in [0.25, 0.3) is 21.3 Å². The SMILES string of the molecule is Cc1cccc(-c2ccc3sc(CBr)nc3c2)c1. The Bertz CT molecular complexity index is 703.